The molecule has 5 nitrogen and oxygen atoms in total. The molecule has 0 fully saturated rings. The Morgan fingerprint density at radius 1 is 1.27 bits per heavy atom. The molecule has 2 rings (SSSR count). The monoisotopic (exact) mass is 203 g/mol. The van der Waals surface area contributed by atoms with Crippen LogP contribution in [0.1, 0.15) is 5.69 Å². The van der Waals surface area contributed by atoms with E-state index in [1.54, 1.807) is 12.4 Å². The van der Waals surface area contributed by atoms with E-state index in [1.807, 2.05) is 29.1 Å². The summed E-state index contributed by atoms with van der Waals surface area (Å²) < 4.78 is 1.89. The molecule has 0 saturated heterocycles. The highest BCUT2D eigenvalue weighted by molar-refractivity contribution is 4.98. The second kappa shape index (κ2) is 5.21. The smallest absolute Gasteiger partial charge is 0.0768 e. The van der Waals surface area contributed by atoms with Crippen molar-refractivity contribution in [1.82, 2.24) is 25.3 Å². The standard InChI is InChI=1S/C10H13N5/c1-3-10(14-12-4-1)9-11-6-8-15-7-2-5-13-15/h1-5,7,11H,6,8-9H2. The molecule has 0 bridgehead atoms. The van der Waals surface area contributed by atoms with Crippen LogP contribution in [0.15, 0.2) is 36.8 Å². The molecule has 0 atom stereocenters. The molecule has 5 heteroatoms. The molecule has 0 spiro atoms. The Morgan fingerprint density at radius 3 is 3.00 bits per heavy atom. The summed E-state index contributed by atoms with van der Waals surface area (Å²) in [7, 11) is 0. The molecular formula is C10H13N5. The highest BCUT2D eigenvalue weighted by Crippen LogP contribution is 1.89. The van der Waals surface area contributed by atoms with E-state index in [9.17, 15) is 0 Å². The summed E-state index contributed by atoms with van der Waals surface area (Å²) >= 11 is 0. The molecule has 0 aliphatic rings. The van der Waals surface area contributed by atoms with Crippen LogP contribution in [-0.2, 0) is 13.1 Å². The zero-order chi connectivity index (χ0) is 10.3. The average molecular weight is 203 g/mol. The van der Waals surface area contributed by atoms with E-state index in [4.69, 9.17) is 0 Å². The van der Waals surface area contributed by atoms with Gasteiger partial charge < -0.3 is 5.32 Å². The zero-order valence-electron chi connectivity index (χ0n) is 8.37. The first-order valence-corrected chi connectivity index (χ1v) is 4.90. The van der Waals surface area contributed by atoms with Gasteiger partial charge in [-0.1, -0.05) is 0 Å². The van der Waals surface area contributed by atoms with Crippen molar-refractivity contribution in [2.24, 2.45) is 0 Å². The van der Waals surface area contributed by atoms with Gasteiger partial charge in [0.25, 0.3) is 0 Å². The molecule has 0 aliphatic heterocycles. The second-order valence-corrected chi connectivity index (χ2v) is 3.16. The van der Waals surface area contributed by atoms with Crippen molar-refractivity contribution in [2.45, 2.75) is 13.1 Å². The summed E-state index contributed by atoms with van der Waals surface area (Å²) in [5.74, 6) is 0. The highest BCUT2D eigenvalue weighted by atomic mass is 15.3. The minimum Gasteiger partial charge on any atom is -0.309 e. The molecule has 0 aromatic carbocycles. The number of nitrogens with zero attached hydrogens (tertiary/aromatic N) is 4. The van der Waals surface area contributed by atoms with Crippen LogP contribution in [-0.4, -0.2) is 26.5 Å². The van der Waals surface area contributed by atoms with Crippen molar-refractivity contribution in [3.05, 3.63) is 42.5 Å². The summed E-state index contributed by atoms with van der Waals surface area (Å²) in [6, 6.07) is 5.76. The van der Waals surface area contributed by atoms with Gasteiger partial charge in [0.1, 0.15) is 0 Å². The molecule has 78 valence electrons. The first-order chi connectivity index (χ1) is 7.45. The van der Waals surface area contributed by atoms with Crippen LogP contribution in [0.4, 0.5) is 0 Å². The Morgan fingerprint density at radius 2 is 2.27 bits per heavy atom. The largest absolute Gasteiger partial charge is 0.309 e. The van der Waals surface area contributed by atoms with E-state index in [-0.39, 0.29) is 0 Å². The molecule has 2 aromatic rings. The van der Waals surface area contributed by atoms with Gasteiger partial charge in [-0.05, 0) is 18.2 Å². The Bertz CT molecular complexity index is 370. The predicted octanol–water partition coefficient (Wildman–Crippen LogP) is 0.463. The van der Waals surface area contributed by atoms with Crippen molar-refractivity contribution < 1.29 is 0 Å². The first kappa shape index (κ1) is 9.79. The molecule has 0 unspecified atom stereocenters. The fourth-order valence-corrected chi connectivity index (χ4v) is 1.27. The summed E-state index contributed by atoms with van der Waals surface area (Å²) in [6.07, 6.45) is 5.40. The lowest BCUT2D eigenvalue weighted by Gasteiger charge is -2.03. The highest BCUT2D eigenvalue weighted by Gasteiger charge is 1.93. The van der Waals surface area contributed by atoms with Gasteiger partial charge in [-0.15, -0.1) is 0 Å². The maximum Gasteiger partial charge on any atom is 0.0768 e. The maximum absolute atomic E-state index is 4.11. The van der Waals surface area contributed by atoms with Crippen LogP contribution in [0, 0.1) is 0 Å². The summed E-state index contributed by atoms with van der Waals surface area (Å²) in [6.45, 7) is 2.49. The number of nitrogens with one attached hydrogen (secondary N) is 1. The van der Waals surface area contributed by atoms with Crippen LogP contribution < -0.4 is 5.32 Å². The van der Waals surface area contributed by atoms with Gasteiger partial charge in [0.05, 0.1) is 12.2 Å². The topological polar surface area (TPSA) is 55.6 Å². The van der Waals surface area contributed by atoms with Gasteiger partial charge in [0, 0.05) is 31.7 Å². The van der Waals surface area contributed by atoms with Gasteiger partial charge >= 0.3 is 0 Å². The van der Waals surface area contributed by atoms with Gasteiger partial charge in [-0.2, -0.15) is 15.3 Å². The third kappa shape index (κ3) is 3.14. The molecule has 0 saturated carbocycles. The molecule has 2 heterocycles. The van der Waals surface area contributed by atoms with Crippen molar-refractivity contribution in [3.8, 4) is 0 Å². The molecule has 15 heavy (non-hydrogen) atoms. The van der Waals surface area contributed by atoms with Gasteiger partial charge in [-0.25, -0.2) is 0 Å². The van der Waals surface area contributed by atoms with Crippen LogP contribution in [0.5, 0.6) is 0 Å². The van der Waals surface area contributed by atoms with Gasteiger partial charge in [0.2, 0.25) is 0 Å². The molecule has 1 N–H and O–H groups in total. The number of aromatic nitrogens is 4. The Kier molecular flexibility index (Phi) is 3.40. The van der Waals surface area contributed by atoms with Crippen LogP contribution >= 0.6 is 0 Å². The summed E-state index contributed by atoms with van der Waals surface area (Å²) in [5, 5.41) is 15.2. The van der Waals surface area contributed by atoms with E-state index in [0.717, 1.165) is 25.3 Å². The summed E-state index contributed by atoms with van der Waals surface area (Å²) in [5.41, 5.74) is 0.956. The fourth-order valence-electron chi connectivity index (χ4n) is 1.27. The molecule has 0 aliphatic carbocycles. The van der Waals surface area contributed by atoms with Crippen molar-refractivity contribution in [2.75, 3.05) is 6.54 Å². The minimum absolute atomic E-state index is 0.745. The lowest BCUT2D eigenvalue weighted by atomic mass is 10.4. The quantitative estimate of drug-likeness (QED) is 0.717. The summed E-state index contributed by atoms with van der Waals surface area (Å²) in [4.78, 5) is 0. The SMILES string of the molecule is c1cnnc(CNCCn2cccn2)c1. The lowest BCUT2D eigenvalue weighted by molar-refractivity contribution is 0.550. The molecule has 0 radical (unpaired) electrons. The number of rotatable bonds is 5. The first-order valence-electron chi connectivity index (χ1n) is 4.90. The molecular weight excluding hydrogens is 190 g/mol. The minimum atomic E-state index is 0.745. The van der Waals surface area contributed by atoms with E-state index in [1.165, 1.54) is 0 Å². The maximum atomic E-state index is 4.11. The van der Waals surface area contributed by atoms with Crippen molar-refractivity contribution >= 4 is 0 Å². The zero-order valence-corrected chi connectivity index (χ0v) is 8.37. The van der Waals surface area contributed by atoms with Crippen LogP contribution in [0.2, 0.25) is 0 Å². The third-order valence-electron chi connectivity index (χ3n) is 2.01. The number of hydrogen-bond acceptors (Lipinski definition) is 4. The lowest BCUT2D eigenvalue weighted by Crippen LogP contribution is -2.20. The Balaban J connectivity index is 1.68. The van der Waals surface area contributed by atoms with Crippen molar-refractivity contribution in [1.29, 1.82) is 0 Å². The normalized spacial score (nSPS) is 10.4. The third-order valence-corrected chi connectivity index (χ3v) is 2.01. The average Bonchev–Trinajstić information content (AvgIpc) is 2.79. The number of hydrogen-bond donors (Lipinski definition) is 1. The van der Waals surface area contributed by atoms with Crippen molar-refractivity contribution in [3.63, 3.8) is 0 Å². The van der Waals surface area contributed by atoms with E-state index >= 15 is 0 Å². The molecule has 2 aromatic heterocycles. The Labute approximate surface area is 88.1 Å². The van der Waals surface area contributed by atoms with Gasteiger partial charge in [-0.3, -0.25) is 4.68 Å². The second-order valence-electron chi connectivity index (χ2n) is 3.16. The Hall–Kier alpha value is -1.75. The fraction of sp³-hybridized carbons (Fsp3) is 0.300. The van der Waals surface area contributed by atoms with E-state index < -0.39 is 0 Å². The van der Waals surface area contributed by atoms with E-state index in [0.29, 0.717) is 0 Å². The molecule has 0 amide bonds. The van der Waals surface area contributed by atoms with Gasteiger partial charge in [0.15, 0.2) is 0 Å². The van der Waals surface area contributed by atoms with Crippen LogP contribution in [0.25, 0.3) is 0 Å². The van der Waals surface area contributed by atoms with Crippen LogP contribution in [0.3, 0.4) is 0 Å². The van der Waals surface area contributed by atoms with E-state index in [2.05, 4.69) is 20.6 Å². The predicted molar refractivity (Wildman–Crippen MR) is 56.0 cm³/mol.